The van der Waals surface area contributed by atoms with Crippen LogP contribution in [-0.4, -0.2) is 37.7 Å². The number of carbonyl (C=O) groups excluding carboxylic acids is 1. The highest BCUT2D eigenvalue weighted by Gasteiger charge is 2.23. The molecule has 1 fully saturated rings. The van der Waals surface area contributed by atoms with Gasteiger partial charge < -0.3 is 15.6 Å². The van der Waals surface area contributed by atoms with E-state index in [4.69, 9.17) is 5.84 Å². The molecular weight excluding hydrogens is 443 g/mol. The van der Waals surface area contributed by atoms with Crippen LogP contribution < -0.4 is 11.2 Å². The highest BCUT2D eigenvalue weighted by atomic mass is 32.5. The number of fused-ring (bicyclic) bond motifs is 1. The lowest BCUT2D eigenvalue weighted by Gasteiger charge is -2.11. The Labute approximate surface area is 188 Å². The molecule has 3 aromatic rings. The van der Waals surface area contributed by atoms with Gasteiger partial charge in [-0.05, 0) is 42.0 Å². The number of imidazole rings is 1. The molecule has 4 rings (SSSR count). The van der Waals surface area contributed by atoms with Crippen molar-refractivity contribution in [3.63, 3.8) is 0 Å². The Hall–Kier alpha value is -3.03. The summed E-state index contributed by atoms with van der Waals surface area (Å²) in [6, 6.07) is 11.3. The van der Waals surface area contributed by atoms with E-state index in [-0.39, 0.29) is 12.3 Å². The van der Waals surface area contributed by atoms with Crippen LogP contribution in [0.3, 0.4) is 0 Å². The number of nitrogens with two attached hydrogens (primary N) is 1. The zero-order chi connectivity index (χ0) is 22.7. The number of aliphatic imine (C=N–C) groups is 1. The third-order valence-electron chi connectivity index (χ3n) is 5.24. The normalized spacial score (nSPS) is 16.3. The number of hydrazone groups is 1. The molecule has 1 atom stereocenters. The van der Waals surface area contributed by atoms with Crippen LogP contribution in [-0.2, 0) is 27.0 Å². The van der Waals surface area contributed by atoms with Gasteiger partial charge in [0.15, 0.2) is 5.71 Å². The highest BCUT2D eigenvalue weighted by Crippen LogP contribution is 2.39. The molecule has 3 N–H and O–H groups in total. The van der Waals surface area contributed by atoms with E-state index < -0.39 is 15.0 Å². The lowest BCUT2D eigenvalue weighted by molar-refractivity contribution is -0.114. The number of hydrogen-bond donors (Lipinski definition) is 2. The summed E-state index contributed by atoms with van der Waals surface area (Å²) in [5.41, 5.74) is 3.72. The molecule has 166 valence electrons. The van der Waals surface area contributed by atoms with Gasteiger partial charge in [0.1, 0.15) is 5.65 Å². The van der Waals surface area contributed by atoms with E-state index in [1.165, 1.54) is 24.6 Å². The minimum Gasteiger partial charge on any atom is -0.346 e. The Bertz CT molecular complexity index is 1330. The predicted octanol–water partition coefficient (Wildman–Crippen LogP) is 2.74. The van der Waals surface area contributed by atoms with Crippen molar-refractivity contribution in [2.24, 2.45) is 15.9 Å². The smallest absolute Gasteiger partial charge is 0.273 e. The summed E-state index contributed by atoms with van der Waals surface area (Å²) in [6.45, 7) is 0.490. The number of nitrogens with zero attached hydrogens (tertiary/aromatic N) is 4. The number of rotatable bonds is 8. The standard InChI is InChI=1S/C22H25N6O2PS/c1-32(30,31)20-5-3-2-4-16(20)10-25-22(29)19(27-23)12-24-11-18-14-28-13-17(15-6-7-15)8-9-21(28)26-18/h2-5,8-9,12-15,31H,6-7,10-11,23H2,1H3,(H,25,29). The summed E-state index contributed by atoms with van der Waals surface area (Å²) in [6.07, 6.45) is 9.49. The number of hydrogen-bond acceptors (Lipinski definition) is 6. The third kappa shape index (κ3) is 5.23. The number of nitrogens with one attached hydrogen (secondary N) is 1. The zero-order valence-corrected chi connectivity index (χ0v) is 19.5. The second-order valence-corrected chi connectivity index (χ2v) is 12.3. The number of carbonyl (C=O) groups is 1. The lowest BCUT2D eigenvalue weighted by Crippen LogP contribution is -2.32. The van der Waals surface area contributed by atoms with Crippen LogP contribution in [0.15, 0.2) is 63.8 Å². The van der Waals surface area contributed by atoms with E-state index in [9.17, 15) is 9.00 Å². The van der Waals surface area contributed by atoms with Crippen molar-refractivity contribution in [2.75, 3.05) is 6.26 Å². The number of amides is 1. The summed E-state index contributed by atoms with van der Waals surface area (Å²) >= 11 is 0. The fourth-order valence-electron chi connectivity index (χ4n) is 3.47. The maximum Gasteiger partial charge on any atom is 0.273 e. The van der Waals surface area contributed by atoms with Crippen LogP contribution in [0.5, 0.6) is 0 Å². The van der Waals surface area contributed by atoms with Gasteiger partial charge in [0, 0.05) is 39.2 Å². The fourth-order valence-corrected chi connectivity index (χ4v) is 5.04. The molecule has 1 amide bonds. The molecule has 1 saturated carbocycles. The van der Waals surface area contributed by atoms with Crippen molar-refractivity contribution in [1.29, 1.82) is 0 Å². The highest BCUT2D eigenvalue weighted by molar-refractivity contribution is 8.20. The Kier molecular flexibility index (Phi) is 6.39. The summed E-state index contributed by atoms with van der Waals surface area (Å²) < 4.78 is 14.4. The topological polar surface area (TPSA) is 114 Å². The van der Waals surface area contributed by atoms with Crippen molar-refractivity contribution in [1.82, 2.24) is 14.7 Å². The van der Waals surface area contributed by atoms with Crippen LogP contribution in [0.25, 0.3) is 5.65 Å². The van der Waals surface area contributed by atoms with Crippen LogP contribution >= 0.6 is 8.02 Å². The lowest BCUT2D eigenvalue weighted by atomic mass is 10.2. The molecule has 0 bridgehead atoms. The summed E-state index contributed by atoms with van der Waals surface area (Å²) in [7, 11) is 0.916. The van der Waals surface area contributed by atoms with Gasteiger partial charge in [-0.25, -0.2) is 4.98 Å². The molecule has 1 aliphatic rings. The molecule has 1 aliphatic carbocycles. The Balaban J connectivity index is 1.38. The molecule has 0 radical (unpaired) electrons. The molecule has 10 heteroatoms. The van der Waals surface area contributed by atoms with Crippen LogP contribution in [0.1, 0.15) is 35.6 Å². The molecule has 1 unspecified atom stereocenters. The van der Waals surface area contributed by atoms with E-state index >= 15 is 0 Å². The second kappa shape index (κ2) is 9.22. The molecule has 0 saturated heterocycles. The van der Waals surface area contributed by atoms with Crippen LogP contribution in [0.2, 0.25) is 0 Å². The van der Waals surface area contributed by atoms with E-state index in [0.717, 1.165) is 16.9 Å². The van der Waals surface area contributed by atoms with Gasteiger partial charge in [0.05, 0.1) is 18.5 Å². The Morgan fingerprint density at radius 3 is 2.81 bits per heavy atom. The Morgan fingerprint density at radius 2 is 2.09 bits per heavy atom. The third-order valence-corrected chi connectivity index (χ3v) is 7.14. The summed E-state index contributed by atoms with van der Waals surface area (Å²) in [4.78, 5) is 22.0. The average molecular weight is 469 g/mol. The monoisotopic (exact) mass is 468 g/mol. The van der Waals surface area contributed by atoms with Gasteiger partial charge in [-0.2, -0.15) is 5.10 Å². The molecule has 8 nitrogen and oxygen atoms in total. The molecule has 2 aromatic heterocycles. The van der Waals surface area contributed by atoms with Crippen LogP contribution in [0, 0.1) is 0 Å². The van der Waals surface area contributed by atoms with Crippen molar-refractivity contribution in [2.45, 2.75) is 36.7 Å². The van der Waals surface area contributed by atoms with E-state index in [1.54, 1.807) is 18.4 Å². The molecular formula is C22H25N6O2PS. The molecule has 2 heterocycles. The number of aromatic nitrogens is 2. The van der Waals surface area contributed by atoms with Gasteiger partial charge in [0.2, 0.25) is 0 Å². The summed E-state index contributed by atoms with van der Waals surface area (Å²) in [5, 5.41) is 6.29. The number of pyridine rings is 1. The quantitative estimate of drug-likeness (QED) is 0.229. The molecule has 32 heavy (non-hydrogen) atoms. The van der Waals surface area contributed by atoms with Gasteiger partial charge in [-0.1, -0.05) is 32.3 Å². The molecule has 1 aromatic carbocycles. The minimum absolute atomic E-state index is 0.00197. The van der Waals surface area contributed by atoms with Crippen molar-refractivity contribution < 1.29 is 9.00 Å². The zero-order valence-electron chi connectivity index (χ0n) is 17.7. The van der Waals surface area contributed by atoms with Crippen molar-refractivity contribution in [3.05, 3.63) is 65.6 Å². The van der Waals surface area contributed by atoms with Gasteiger partial charge in [0.25, 0.3) is 5.91 Å². The second-order valence-electron chi connectivity index (χ2n) is 7.85. The first-order valence-electron chi connectivity index (χ1n) is 10.2. The van der Waals surface area contributed by atoms with Crippen molar-refractivity contribution >= 4 is 40.6 Å². The van der Waals surface area contributed by atoms with Gasteiger partial charge in [-0.15, -0.1) is 0 Å². The van der Waals surface area contributed by atoms with Crippen molar-refractivity contribution in [3.8, 4) is 0 Å². The predicted molar refractivity (Wildman–Crippen MR) is 130 cm³/mol. The van der Waals surface area contributed by atoms with E-state index in [1.807, 2.05) is 28.8 Å². The van der Waals surface area contributed by atoms with Gasteiger partial charge in [-0.3, -0.25) is 14.0 Å². The van der Waals surface area contributed by atoms with Crippen LogP contribution in [0.4, 0.5) is 0 Å². The Morgan fingerprint density at radius 1 is 1.31 bits per heavy atom. The van der Waals surface area contributed by atoms with E-state index in [0.29, 0.717) is 17.4 Å². The summed E-state index contributed by atoms with van der Waals surface area (Å²) in [5.74, 6) is 5.61. The molecule has 0 spiro atoms. The average Bonchev–Trinajstić information content (AvgIpc) is 3.54. The number of benzene rings is 1. The van der Waals surface area contributed by atoms with Gasteiger partial charge >= 0.3 is 0 Å². The van der Waals surface area contributed by atoms with E-state index in [2.05, 4.69) is 40.7 Å². The maximum atomic E-state index is 12.5. The first-order chi connectivity index (χ1) is 15.3. The largest absolute Gasteiger partial charge is 0.346 e. The first-order valence-corrected chi connectivity index (χ1v) is 13.4. The first kappa shape index (κ1) is 22.2. The maximum absolute atomic E-state index is 12.5. The minimum atomic E-state index is -2.35. The fraction of sp³-hybridized carbons (Fsp3) is 0.273. The molecule has 0 aliphatic heterocycles. The SMILES string of the molecule is CS(=O)(=P)c1ccccc1CNC(=O)C(C=NCc1cn2cc(C3CC3)ccc2n1)=NN.